The lowest BCUT2D eigenvalue weighted by atomic mass is 9.98. The average molecular weight is 1010 g/mol. The Morgan fingerprint density at radius 3 is 1.20 bits per heavy atom. The van der Waals surface area contributed by atoms with E-state index >= 15 is 0 Å². The number of rotatable bonds is 7. The van der Waals surface area contributed by atoms with Crippen molar-refractivity contribution in [2.75, 3.05) is 0 Å². The largest absolute Gasteiger partial charge is 0.264 e. The highest BCUT2D eigenvalue weighted by molar-refractivity contribution is 5.29. The summed E-state index contributed by atoms with van der Waals surface area (Å²) >= 11 is 0. The second kappa shape index (κ2) is 36.5. The topological polar surface area (TPSA) is 168 Å². The Balaban J connectivity index is 0. The van der Waals surface area contributed by atoms with E-state index in [4.69, 9.17) is 0 Å². The van der Waals surface area contributed by atoms with Crippen molar-refractivity contribution in [2.45, 2.75) is 216 Å². The summed E-state index contributed by atoms with van der Waals surface area (Å²) in [6.07, 6.45) is 16.4. The Hall–Kier alpha value is -6.37. The van der Waals surface area contributed by atoms with Gasteiger partial charge < -0.3 is 0 Å². The van der Waals surface area contributed by atoms with Gasteiger partial charge in [-0.25, -0.2) is 0 Å². The Morgan fingerprint density at radius 2 is 0.811 bits per heavy atom. The lowest BCUT2D eigenvalue weighted by molar-refractivity contribution is 0.806. The van der Waals surface area contributed by atoms with Crippen LogP contribution in [0.1, 0.15) is 243 Å². The Morgan fingerprint density at radius 1 is 0.324 bits per heavy atom. The third-order valence-corrected chi connectivity index (χ3v) is 11.6. The molecular weight excluding hydrogens is 915 g/mol. The van der Waals surface area contributed by atoms with Crippen LogP contribution in [0.4, 0.5) is 0 Å². The van der Waals surface area contributed by atoms with E-state index in [1.807, 2.05) is 77.7 Å². The van der Waals surface area contributed by atoms with E-state index in [1.54, 1.807) is 24.8 Å². The zero-order valence-electron chi connectivity index (χ0n) is 48.4. The Labute approximate surface area is 449 Å². The fourth-order valence-electron chi connectivity index (χ4n) is 7.33. The Bertz CT molecular complexity index is 2510. The van der Waals surface area contributed by atoms with Crippen LogP contribution >= 0.6 is 0 Å². The third-order valence-electron chi connectivity index (χ3n) is 11.6. The van der Waals surface area contributed by atoms with Gasteiger partial charge in [0, 0.05) is 24.8 Å². The van der Waals surface area contributed by atoms with E-state index in [9.17, 15) is 0 Å². The summed E-state index contributed by atoms with van der Waals surface area (Å²) in [6, 6.07) is 8.29. The maximum atomic E-state index is 4.11. The summed E-state index contributed by atoms with van der Waals surface area (Å²) in [7, 11) is 0. The van der Waals surface area contributed by atoms with Gasteiger partial charge in [0.1, 0.15) is 0 Å². The van der Waals surface area contributed by atoms with Crippen LogP contribution in [0.15, 0.2) is 80.0 Å². The van der Waals surface area contributed by atoms with E-state index in [-0.39, 0.29) is 14.9 Å². The zero-order chi connectivity index (χ0) is 54.7. The minimum absolute atomic E-state index is 0. The molecule has 13 heteroatoms. The minimum atomic E-state index is 0. The molecule has 7 aromatic rings. The molecular formula is C61H97N13. The SMILES string of the molecule is C.C.CC(C)c1ccnnc1.Cc1cc(C(C)C)c(C)nn1.Cc1cncc(C(C)C)c1.Cc1cnnc(C)c1C(C)C.Cc1cnncc1C(C)C.Cc1nncc(C(C)C)c1C.Cc1nnccc1C(C)C. The van der Waals surface area contributed by atoms with Gasteiger partial charge in [0.25, 0.3) is 0 Å². The molecule has 0 spiro atoms. The van der Waals surface area contributed by atoms with Gasteiger partial charge in [-0.05, 0) is 183 Å². The molecule has 0 bridgehead atoms. The fraction of sp³-hybridized carbons (Fsp3) is 0.525. The van der Waals surface area contributed by atoms with Gasteiger partial charge >= 0.3 is 0 Å². The molecule has 0 unspecified atom stereocenters. The number of pyridine rings is 1. The van der Waals surface area contributed by atoms with E-state index in [0.29, 0.717) is 41.4 Å². The normalized spacial score (nSPS) is 10.2. The van der Waals surface area contributed by atoms with Crippen molar-refractivity contribution in [1.29, 1.82) is 0 Å². The molecule has 0 atom stereocenters. The van der Waals surface area contributed by atoms with Crippen molar-refractivity contribution in [1.82, 2.24) is 66.2 Å². The monoisotopic (exact) mass is 1010 g/mol. The van der Waals surface area contributed by atoms with Gasteiger partial charge in [-0.2, -0.15) is 61.2 Å². The molecule has 0 N–H and O–H groups in total. The molecule has 0 aliphatic rings. The maximum absolute atomic E-state index is 4.11. The highest BCUT2D eigenvalue weighted by atomic mass is 15.1. The molecule has 0 aromatic carbocycles. The second-order valence-electron chi connectivity index (χ2n) is 20.3. The predicted molar refractivity (Wildman–Crippen MR) is 311 cm³/mol. The van der Waals surface area contributed by atoms with Crippen molar-refractivity contribution in [2.24, 2.45) is 0 Å². The van der Waals surface area contributed by atoms with Crippen LogP contribution in [0.5, 0.6) is 0 Å². The van der Waals surface area contributed by atoms with Gasteiger partial charge in [0.05, 0.1) is 59.5 Å². The van der Waals surface area contributed by atoms with Gasteiger partial charge in [-0.15, -0.1) is 0 Å². The van der Waals surface area contributed by atoms with Crippen LogP contribution in [0.25, 0.3) is 0 Å². The summed E-state index contributed by atoms with van der Waals surface area (Å²) in [4.78, 5) is 4.11. The van der Waals surface area contributed by atoms with Crippen LogP contribution < -0.4 is 0 Å². The van der Waals surface area contributed by atoms with Crippen molar-refractivity contribution in [3.05, 3.63) is 170 Å². The molecule has 0 saturated carbocycles. The second-order valence-corrected chi connectivity index (χ2v) is 20.3. The van der Waals surface area contributed by atoms with Crippen LogP contribution in [0.2, 0.25) is 0 Å². The standard InChI is InChI=1S/3C9H14N2.C9H13N.2C8H12N2.C7H10N2.2CH4/c1-6(2)9-5-10-11-8(4)7(9)3;1-6(2)9-7(3)5-10-11-8(9)4;1-6(2)9-5-7(3)10-11-8(9)4;1-7(2)9-4-8(3)5-10-6-9;1-6(2)8-5-10-9-4-7(8)3;1-6(2)8-4-5-9-10-7(8)3;1-6(2)7-3-4-8-9-5-7;;/h3*5-6H,1-4H3;4-7H,1-3H3;2*4-6H,1-3H3;3-6H,1-2H3;2*1H4. The van der Waals surface area contributed by atoms with E-state index in [2.05, 4.69) is 203 Å². The quantitative estimate of drug-likeness (QED) is 0.148. The molecule has 0 radical (unpaired) electrons. The lowest BCUT2D eigenvalue weighted by Gasteiger charge is -2.10. The number of nitrogens with zero attached hydrogens (tertiary/aromatic N) is 13. The first-order chi connectivity index (χ1) is 33.8. The van der Waals surface area contributed by atoms with Crippen molar-refractivity contribution in [3.8, 4) is 0 Å². The molecule has 7 heterocycles. The summed E-state index contributed by atoms with van der Waals surface area (Å²) in [6.45, 7) is 48.6. The molecule has 7 aromatic heterocycles. The molecule has 0 saturated heterocycles. The van der Waals surface area contributed by atoms with E-state index < -0.39 is 0 Å². The third kappa shape index (κ3) is 26.0. The summed E-state index contributed by atoms with van der Waals surface area (Å²) in [5.74, 6) is 3.89. The minimum Gasteiger partial charge on any atom is -0.264 e. The fourth-order valence-corrected chi connectivity index (χ4v) is 7.33. The molecule has 13 nitrogen and oxygen atoms in total. The van der Waals surface area contributed by atoms with Crippen LogP contribution in [0, 0.1) is 62.3 Å². The van der Waals surface area contributed by atoms with E-state index in [1.165, 1.54) is 61.2 Å². The lowest BCUT2D eigenvalue weighted by Crippen LogP contribution is -2.00. The highest BCUT2D eigenvalue weighted by Crippen LogP contribution is 2.21. The summed E-state index contributed by atoms with van der Waals surface area (Å²) in [5, 5.41) is 46.6. The van der Waals surface area contributed by atoms with E-state index in [0.717, 1.165) is 28.5 Å². The first kappa shape index (κ1) is 69.7. The van der Waals surface area contributed by atoms with Crippen molar-refractivity contribution >= 4 is 0 Å². The molecule has 7 rings (SSSR count). The maximum Gasteiger partial charge on any atom is 0.0637 e. The van der Waals surface area contributed by atoms with Gasteiger partial charge in [-0.1, -0.05) is 118 Å². The first-order valence-corrected chi connectivity index (χ1v) is 25.4. The molecule has 74 heavy (non-hydrogen) atoms. The first-order valence-electron chi connectivity index (χ1n) is 25.4. The van der Waals surface area contributed by atoms with Crippen LogP contribution in [-0.2, 0) is 0 Å². The number of hydrogen-bond donors (Lipinski definition) is 0. The van der Waals surface area contributed by atoms with Crippen molar-refractivity contribution < 1.29 is 0 Å². The van der Waals surface area contributed by atoms with Gasteiger partial charge in [0.2, 0.25) is 0 Å². The molecule has 406 valence electrons. The zero-order valence-corrected chi connectivity index (χ0v) is 48.4. The molecule has 0 aliphatic carbocycles. The predicted octanol–water partition coefficient (Wildman–Crippen LogP) is 15.9. The number of aromatic nitrogens is 13. The highest BCUT2D eigenvalue weighted by Gasteiger charge is 2.09. The van der Waals surface area contributed by atoms with Gasteiger partial charge in [0.15, 0.2) is 0 Å². The van der Waals surface area contributed by atoms with Crippen LogP contribution in [-0.4, -0.2) is 66.2 Å². The van der Waals surface area contributed by atoms with Crippen molar-refractivity contribution in [3.63, 3.8) is 0 Å². The smallest absolute Gasteiger partial charge is 0.0637 e. The van der Waals surface area contributed by atoms with Crippen LogP contribution in [0.3, 0.4) is 0 Å². The van der Waals surface area contributed by atoms with Gasteiger partial charge in [-0.3, -0.25) is 4.98 Å². The summed E-state index contributed by atoms with van der Waals surface area (Å²) in [5.41, 5.74) is 19.2. The average Bonchev–Trinajstić information content (AvgIpc) is 3.32. The molecule has 0 amide bonds. The number of hydrogen-bond acceptors (Lipinski definition) is 13. The Kier molecular flexibility index (Phi) is 34.4. The molecule has 0 aliphatic heterocycles. The summed E-state index contributed by atoms with van der Waals surface area (Å²) < 4.78 is 0. The molecule has 0 fully saturated rings. The number of aryl methyl sites for hydroxylation is 8.